The molecule has 7 nitrogen and oxygen atoms in total. The molecular formula is C14H15N3O4S. The van der Waals surface area contributed by atoms with Gasteiger partial charge in [0.05, 0.1) is 6.54 Å². The summed E-state index contributed by atoms with van der Waals surface area (Å²) in [6, 6.07) is 6.74. The van der Waals surface area contributed by atoms with Crippen LogP contribution in [-0.2, 0) is 9.47 Å². The first-order valence-corrected chi connectivity index (χ1v) is 7.26. The smallest absolute Gasteiger partial charge is 0.421 e. The lowest BCUT2D eigenvalue weighted by Crippen LogP contribution is -2.41. The highest BCUT2D eigenvalue weighted by Gasteiger charge is 2.38. The number of hydrogen-bond donors (Lipinski definition) is 1. The van der Waals surface area contributed by atoms with E-state index in [9.17, 15) is 9.59 Å². The van der Waals surface area contributed by atoms with Crippen LogP contribution in [0.2, 0.25) is 0 Å². The van der Waals surface area contributed by atoms with E-state index in [0.717, 1.165) is 5.69 Å². The molecule has 8 heteroatoms. The molecule has 2 aliphatic heterocycles. The van der Waals surface area contributed by atoms with E-state index in [2.05, 4.69) is 5.32 Å². The van der Waals surface area contributed by atoms with Crippen LogP contribution >= 0.6 is 12.2 Å². The molecule has 2 fully saturated rings. The summed E-state index contributed by atoms with van der Waals surface area (Å²) in [5.41, 5.74) is 1.40. The summed E-state index contributed by atoms with van der Waals surface area (Å²) in [5.74, 6) is 0. The van der Waals surface area contributed by atoms with Crippen LogP contribution < -0.4 is 15.1 Å². The number of likely N-dealkylation sites (N-methyl/N-ethyl adjacent to an activating group) is 1. The van der Waals surface area contributed by atoms with Gasteiger partial charge in [-0.2, -0.15) is 0 Å². The second-order valence-corrected chi connectivity index (χ2v) is 5.32. The molecule has 0 aromatic heterocycles. The Kier molecular flexibility index (Phi) is 3.95. The number of nitrogens with one attached hydrogen (secondary N) is 1. The Morgan fingerprint density at radius 1 is 1.23 bits per heavy atom. The molecule has 116 valence electrons. The highest BCUT2D eigenvalue weighted by atomic mass is 32.1. The molecule has 0 radical (unpaired) electrons. The highest BCUT2D eigenvalue weighted by Crippen LogP contribution is 2.28. The van der Waals surface area contributed by atoms with Crippen LogP contribution in [-0.4, -0.2) is 50.0 Å². The summed E-state index contributed by atoms with van der Waals surface area (Å²) in [6.07, 6.45) is -0.846. The Balaban J connectivity index is 1.84. The molecule has 0 bridgehead atoms. The highest BCUT2D eigenvalue weighted by molar-refractivity contribution is 7.80. The lowest BCUT2D eigenvalue weighted by Gasteiger charge is -2.21. The molecule has 2 aliphatic rings. The summed E-state index contributed by atoms with van der Waals surface area (Å²) in [6.45, 7) is 1.42. The van der Waals surface area contributed by atoms with Crippen molar-refractivity contribution in [2.24, 2.45) is 0 Å². The normalized spacial score (nSPS) is 21.3. The first-order chi connectivity index (χ1) is 10.6. The molecule has 0 saturated carbocycles. The quantitative estimate of drug-likeness (QED) is 0.848. The van der Waals surface area contributed by atoms with E-state index in [1.165, 1.54) is 4.90 Å². The van der Waals surface area contributed by atoms with Crippen LogP contribution in [0.3, 0.4) is 0 Å². The van der Waals surface area contributed by atoms with Crippen molar-refractivity contribution in [1.82, 2.24) is 5.32 Å². The van der Waals surface area contributed by atoms with E-state index in [1.807, 2.05) is 0 Å². The fourth-order valence-corrected chi connectivity index (χ4v) is 2.77. The molecule has 0 aliphatic carbocycles. The van der Waals surface area contributed by atoms with Crippen molar-refractivity contribution in [3.8, 4) is 0 Å². The van der Waals surface area contributed by atoms with Crippen molar-refractivity contribution in [1.29, 1.82) is 0 Å². The molecular weight excluding hydrogens is 306 g/mol. The fraction of sp³-hybridized carbons (Fsp3) is 0.357. The van der Waals surface area contributed by atoms with Gasteiger partial charge in [-0.3, -0.25) is 9.80 Å². The summed E-state index contributed by atoms with van der Waals surface area (Å²) < 4.78 is 9.94. The lowest BCUT2D eigenvalue weighted by molar-refractivity contribution is 0.181. The van der Waals surface area contributed by atoms with E-state index in [0.29, 0.717) is 25.4 Å². The van der Waals surface area contributed by atoms with Gasteiger partial charge in [-0.15, -0.1) is 0 Å². The summed E-state index contributed by atoms with van der Waals surface area (Å²) in [7, 11) is 1.78. The summed E-state index contributed by atoms with van der Waals surface area (Å²) in [5, 5.41) is 3.25. The molecule has 2 saturated heterocycles. The third-order valence-electron chi connectivity index (χ3n) is 3.57. The zero-order valence-electron chi connectivity index (χ0n) is 11.9. The molecule has 3 rings (SSSR count). The van der Waals surface area contributed by atoms with Crippen LogP contribution in [0, 0.1) is 0 Å². The van der Waals surface area contributed by atoms with Crippen LogP contribution in [0.1, 0.15) is 0 Å². The van der Waals surface area contributed by atoms with Gasteiger partial charge >= 0.3 is 12.2 Å². The van der Waals surface area contributed by atoms with Gasteiger partial charge in [-0.1, -0.05) is 0 Å². The third-order valence-corrected chi connectivity index (χ3v) is 3.92. The van der Waals surface area contributed by atoms with E-state index in [-0.39, 0.29) is 17.2 Å². The van der Waals surface area contributed by atoms with Gasteiger partial charge in [0.25, 0.3) is 0 Å². The van der Waals surface area contributed by atoms with E-state index in [1.54, 1.807) is 36.2 Å². The first kappa shape index (κ1) is 14.7. The number of carbonyl (C=O) groups excluding carboxylic acids is 2. The maximum absolute atomic E-state index is 12.0. The Hall–Kier alpha value is -2.19. The number of hydrogen-bond acceptors (Lipinski definition) is 6. The van der Waals surface area contributed by atoms with Crippen LogP contribution in [0.4, 0.5) is 21.0 Å². The first-order valence-electron chi connectivity index (χ1n) is 6.85. The minimum absolute atomic E-state index is 0.256. The molecule has 22 heavy (non-hydrogen) atoms. The molecule has 1 atom stereocenters. The van der Waals surface area contributed by atoms with Crippen LogP contribution in [0.15, 0.2) is 24.3 Å². The molecule has 0 spiro atoms. The van der Waals surface area contributed by atoms with Gasteiger partial charge in [0.2, 0.25) is 0 Å². The van der Waals surface area contributed by atoms with Gasteiger partial charge in [0.1, 0.15) is 12.6 Å². The summed E-state index contributed by atoms with van der Waals surface area (Å²) in [4.78, 5) is 26.6. The molecule has 1 unspecified atom stereocenters. The van der Waals surface area contributed by atoms with E-state index in [4.69, 9.17) is 21.7 Å². The summed E-state index contributed by atoms with van der Waals surface area (Å²) >= 11 is 5.09. The van der Waals surface area contributed by atoms with E-state index < -0.39 is 6.09 Å². The minimum atomic E-state index is -0.487. The maximum atomic E-state index is 12.0. The number of benzene rings is 1. The van der Waals surface area contributed by atoms with Crippen LogP contribution in [0.5, 0.6) is 0 Å². The number of amides is 2. The van der Waals surface area contributed by atoms with Crippen molar-refractivity contribution in [2.75, 3.05) is 36.5 Å². The van der Waals surface area contributed by atoms with Gasteiger partial charge in [-0.25, -0.2) is 9.59 Å². The number of rotatable bonds is 4. The lowest BCUT2D eigenvalue weighted by atomic mass is 10.2. The number of ether oxygens (including phenoxy) is 2. The molecule has 1 aromatic carbocycles. The molecule has 2 amide bonds. The van der Waals surface area contributed by atoms with Crippen molar-refractivity contribution in [3.63, 3.8) is 0 Å². The second-order valence-electron chi connectivity index (χ2n) is 4.91. The molecule has 2 heterocycles. The number of nitrogens with zero attached hydrogens (tertiary/aromatic N) is 2. The SMILES string of the molecule is CNCC1C(=S)OC(=O)N1c1ccc(N2CCOC2=O)cc1. The predicted octanol–water partition coefficient (Wildman–Crippen LogP) is 1.52. The maximum Gasteiger partial charge on any atom is 0.421 e. The Morgan fingerprint density at radius 2 is 1.91 bits per heavy atom. The standard InChI is InChI=1S/C14H15N3O4S/c1-15-8-11-12(22)21-14(19)17(11)10-4-2-9(3-5-10)16-6-7-20-13(16)18/h2-5,11,15H,6-8H2,1H3. The zero-order valence-corrected chi connectivity index (χ0v) is 12.8. The second kappa shape index (κ2) is 5.90. The number of carbonyl (C=O) groups is 2. The van der Waals surface area contributed by atoms with Gasteiger partial charge in [0.15, 0.2) is 5.05 Å². The Bertz CT molecular complexity index is 619. The topological polar surface area (TPSA) is 71.1 Å². The minimum Gasteiger partial charge on any atom is -0.447 e. The predicted molar refractivity (Wildman–Crippen MR) is 84.4 cm³/mol. The average molecular weight is 321 g/mol. The van der Waals surface area contributed by atoms with Gasteiger partial charge in [-0.05, 0) is 43.5 Å². The number of cyclic esters (lactones) is 2. The van der Waals surface area contributed by atoms with Crippen molar-refractivity contribution < 1.29 is 19.1 Å². The van der Waals surface area contributed by atoms with Gasteiger partial charge in [0, 0.05) is 17.9 Å². The average Bonchev–Trinajstić information content (AvgIpc) is 3.04. The monoisotopic (exact) mass is 321 g/mol. The molecule has 1 N–H and O–H groups in total. The van der Waals surface area contributed by atoms with Crippen LogP contribution in [0.25, 0.3) is 0 Å². The van der Waals surface area contributed by atoms with E-state index >= 15 is 0 Å². The van der Waals surface area contributed by atoms with Crippen molar-refractivity contribution >= 4 is 40.8 Å². The Morgan fingerprint density at radius 3 is 2.50 bits per heavy atom. The Labute approximate surface area is 132 Å². The van der Waals surface area contributed by atoms with Crippen molar-refractivity contribution in [3.05, 3.63) is 24.3 Å². The number of anilines is 2. The zero-order chi connectivity index (χ0) is 15.7. The van der Waals surface area contributed by atoms with Crippen molar-refractivity contribution in [2.45, 2.75) is 6.04 Å². The van der Waals surface area contributed by atoms with Gasteiger partial charge < -0.3 is 14.8 Å². The largest absolute Gasteiger partial charge is 0.447 e. The third kappa shape index (κ3) is 2.51. The number of thiocarbonyl (C=S) groups is 1. The fourth-order valence-electron chi connectivity index (χ4n) is 2.51. The molecule has 1 aromatic rings.